The van der Waals surface area contributed by atoms with E-state index in [-0.39, 0.29) is 118 Å². The highest BCUT2D eigenvalue weighted by atomic mass is 127. The third-order valence-electron chi connectivity index (χ3n) is 8.96. The number of carbonyl (C=O) groups is 7. The molecule has 0 saturated carbocycles. The molecule has 1 aromatic rings. The number of aliphatic carboxylic acids is 1. The normalized spacial score (nSPS) is 11.9. The van der Waals surface area contributed by atoms with Crippen molar-refractivity contribution in [1.29, 1.82) is 0 Å². The van der Waals surface area contributed by atoms with Crippen LogP contribution in [0.25, 0.3) is 0 Å². The van der Waals surface area contributed by atoms with Crippen LogP contribution in [0.15, 0.2) is 24.3 Å². The fraction of sp³-hybridized carbons (Fsp3) is 0.683. The maximum Gasteiger partial charge on any atom is 0.335 e. The average Bonchev–Trinajstić information content (AvgIpc) is 3.24. The fourth-order valence-electron chi connectivity index (χ4n) is 5.53. The van der Waals surface area contributed by atoms with Gasteiger partial charge in [0.15, 0.2) is 0 Å². The van der Waals surface area contributed by atoms with Crippen molar-refractivity contribution >= 4 is 61.9 Å². The van der Waals surface area contributed by atoms with E-state index in [1.807, 2.05) is 0 Å². The van der Waals surface area contributed by atoms with Crippen LogP contribution in [0.2, 0.25) is 0 Å². The molecule has 21 heteroatoms. The van der Waals surface area contributed by atoms with Gasteiger partial charge in [-0.15, -0.1) is 10.0 Å². The van der Waals surface area contributed by atoms with Gasteiger partial charge in [-0.2, -0.15) is 0 Å². The van der Waals surface area contributed by atoms with Crippen LogP contribution in [-0.2, 0) is 47.7 Å². The Morgan fingerprint density at radius 1 is 0.548 bits per heavy atom. The zero-order valence-electron chi connectivity index (χ0n) is 35.4. The SMILES string of the molecule is O=C(CC[C@H](NC(=O)CCCCCCCCCCOc1ccc(C(=O)O)cc1)C(=O)O)NCCOCCOCC(=O)NCCOCCOCC(=O)NCCCC[C@H](NF)C(=O)I. The first-order valence-electron chi connectivity index (χ1n) is 21.1. The van der Waals surface area contributed by atoms with Crippen LogP contribution in [0.5, 0.6) is 5.75 Å². The Hall–Kier alpha value is -4.03. The summed E-state index contributed by atoms with van der Waals surface area (Å²) < 4.78 is 39.0. The molecule has 1 aromatic carbocycles. The zero-order chi connectivity index (χ0) is 45.6. The molecule has 0 bridgehead atoms. The maximum absolute atomic E-state index is 12.5. The average molecular weight is 998 g/mol. The van der Waals surface area contributed by atoms with Crippen molar-refractivity contribution < 1.29 is 71.9 Å². The van der Waals surface area contributed by atoms with Crippen LogP contribution in [0.1, 0.15) is 100 Å². The molecule has 0 radical (unpaired) electrons. The highest BCUT2D eigenvalue weighted by Crippen LogP contribution is 2.14. The van der Waals surface area contributed by atoms with Gasteiger partial charge in [0.2, 0.25) is 27.4 Å². The molecule has 0 aliphatic heterocycles. The first-order valence-corrected chi connectivity index (χ1v) is 22.2. The number of benzene rings is 1. The summed E-state index contributed by atoms with van der Waals surface area (Å²) in [6.45, 7) is 2.22. The number of carboxylic acids is 2. The molecule has 352 valence electrons. The molecule has 0 spiro atoms. The first-order chi connectivity index (χ1) is 29.9. The molecule has 0 aromatic heterocycles. The summed E-state index contributed by atoms with van der Waals surface area (Å²) in [4.78, 5) is 81.9. The molecular formula is C41H65FIN5O14. The number of hydrogen-bond acceptors (Lipinski definition) is 13. The minimum Gasteiger partial charge on any atom is -0.494 e. The van der Waals surface area contributed by atoms with E-state index >= 15 is 0 Å². The minimum atomic E-state index is -1.21. The first kappa shape index (κ1) is 56.0. The molecule has 2 atom stereocenters. The fourth-order valence-corrected chi connectivity index (χ4v) is 5.96. The van der Waals surface area contributed by atoms with Gasteiger partial charge in [-0.1, -0.05) is 38.5 Å². The largest absolute Gasteiger partial charge is 0.494 e. The number of nitrogens with one attached hydrogen (secondary N) is 5. The number of carbonyl (C=O) groups excluding carboxylic acids is 5. The van der Waals surface area contributed by atoms with Gasteiger partial charge in [0.05, 0.1) is 51.8 Å². The number of carboxylic acid groups (broad SMARTS) is 2. The van der Waals surface area contributed by atoms with E-state index in [1.165, 1.54) is 40.3 Å². The summed E-state index contributed by atoms with van der Waals surface area (Å²) in [6, 6.07) is 4.32. The van der Waals surface area contributed by atoms with Crippen LogP contribution in [0.3, 0.4) is 0 Å². The number of halogens is 2. The summed E-state index contributed by atoms with van der Waals surface area (Å²) in [5.41, 5.74) is 1.68. The standard InChI is InChI=1S/C41H65FIN5O14/c42-48-33(39(43)53)11-8-9-19-44-37(51)29-60-27-26-59-24-21-46-38(52)30-61-28-25-58-23-20-45-35(49)18-17-34(41(56)57)47-36(50)12-7-5-3-1-2-4-6-10-22-62-32-15-13-31(14-16-32)40(54)55/h13-16,33-34,48H,1-12,17-30H2,(H,44,51)(H,45,49)(H,46,52)(H,47,50)(H,54,55)(H,56,57)/t33-,34-/m0/s1. The van der Waals surface area contributed by atoms with Crippen molar-refractivity contribution in [3.05, 3.63) is 29.8 Å². The van der Waals surface area contributed by atoms with Crippen LogP contribution in [0, 0.1) is 0 Å². The van der Waals surface area contributed by atoms with E-state index in [9.17, 15) is 43.1 Å². The van der Waals surface area contributed by atoms with Gasteiger partial charge in [-0.05, 0) is 62.8 Å². The molecule has 0 aliphatic rings. The van der Waals surface area contributed by atoms with Gasteiger partial charge in [0, 0.05) is 55.1 Å². The predicted octanol–water partition coefficient (Wildman–Crippen LogP) is 3.01. The number of unbranched alkanes of at least 4 members (excludes halogenated alkanes) is 8. The molecule has 0 unspecified atom stereocenters. The van der Waals surface area contributed by atoms with Gasteiger partial charge in [-0.3, -0.25) is 24.0 Å². The molecule has 0 aliphatic carbocycles. The Balaban J connectivity index is 1.93. The van der Waals surface area contributed by atoms with Gasteiger partial charge >= 0.3 is 11.9 Å². The number of ether oxygens (including phenoxy) is 5. The molecule has 19 nitrogen and oxygen atoms in total. The van der Waals surface area contributed by atoms with Gasteiger partial charge in [-0.25, -0.2) is 9.59 Å². The second kappa shape index (κ2) is 37.5. The number of amides is 4. The molecule has 0 heterocycles. The molecule has 0 saturated heterocycles. The predicted molar refractivity (Wildman–Crippen MR) is 232 cm³/mol. The summed E-state index contributed by atoms with van der Waals surface area (Å²) in [7, 11) is 0. The molecular weight excluding hydrogens is 932 g/mol. The quantitative estimate of drug-likeness (QED) is 0.0215. The highest BCUT2D eigenvalue weighted by Gasteiger charge is 2.21. The van der Waals surface area contributed by atoms with Crippen molar-refractivity contribution in [2.75, 3.05) is 79.1 Å². The Kier molecular flexibility index (Phi) is 33.9. The van der Waals surface area contributed by atoms with Gasteiger partial charge in [0.25, 0.3) is 0 Å². The Labute approximate surface area is 376 Å². The number of rotatable bonds is 41. The summed E-state index contributed by atoms with van der Waals surface area (Å²) in [5.74, 6) is -2.91. The Morgan fingerprint density at radius 3 is 1.63 bits per heavy atom. The van der Waals surface area contributed by atoms with Crippen LogP contribution >= 0.6 is 22.6 Å². The topological polar surface area (TPSA) is 266 Å². The van der Waals surface area contributed by atoms with E-state index in [2.05, 4.69) is 21.3 Å². The van der Waals surface area contributed by atoms with Crippen molar-refractivity contribution in [3.63, 3.8) is 0 Å². The van der Waals surface area contributed by atoms with E-state index < -0.39 is 24.0 Å². The maximum atomic E-state index is 12.5. The lowest BCUT2D eigenvalue weighted by atomic mass is 10.1. The number of aromatic carboxylic acids is 1. The Bertz CT molecular complexity index is 1450. The third-order valence-corrected chi connectivity index (χ3v) is 9.71. The monoisotopic (exact) mass is 997 g/mol. The van der Waals surface area contributed by atoms with Crippen molar-refractivity contribution in [1.82, 2.24) is 26.8 Å². The second-order valence-corrected chi connectivity index (χ2v) is 15.2. The van der Waals surface area contributed by atoms with Crippen LogP contribution in [-0.4, -0.2) is 141 Å². The number of hydrogen-bond donors (Lipinski definition) is 7. The van der Waals surface area contributed by atoms with E-state index in [4.69, 9.17) is 28.8 Å². The molecule has 7 N–H and O–H groups in total. The molecule has 1 rings (SSSR count). The molecule has 4 amide bonds. The lowest BCUT2D eigenvalue weighted by molar-refractivity contribution is -0.142. The van der Waals surface area contributed by atoms with E-state index in [1.54, 1.807) is 12.1 Å². The third kappa shape index (κ3) is 31.8. The summed E-state index contributed by atoms with van der Waals surface area (Å²) in [6.07, 6.45) is 9.13. The molecule has 62 heavy (non-hydrogen) atoms. The van der Waals surface area contributed by atoms with E-state index in [0.29, 0.717) is 44.6 Å². The summed E-state index contributed by atoms with van der Waals surface area (Å²) in [5, 5.41) is 28.9. The lowest BCUT2D eigenvalue weighted by Crippen LogP contribution is -2.41. The second-order valence-electron chi connectivity index (χ2n) is 14.1. The zero-order valence-corrected chi connectivity index (χ0v) is 37.6. The summed E-state index contributed by atoms with van der Waals surface area (Å²) >= 11 is 1.54. The lowest BCUT2D eigenvalue weighted by Gasteiger charge is -2.14. The van der Waals surface area contributed by atoms with Crippen LogP contribution in [0.4, 0.5) is 4.48 Å². The van der Waals surface area contributed by atoms with E-state index in [0.717, 1.165) is 44.9 Å². The van der Waals surface area contributed by atoms with Crippen molar-refractivity contribution in [2.24, 2.45) is 0 Å². The highest BCUT2D eigenvalue weighted by molar-refractivity contribution is 14.1. The van der Waals surface area contributed by atoms with Gasteiger partial charge in [0.1, 0.15) is 31.0 Å². The van der Waals surface area contributed by atoms with Gasteiger partial charge < -0.3 is 55.2 Å². The minimum absolute atomic E-state index is 0.0516. The van der Waals surface area contributed by atoms with Crippen molar-refractivity contribution in [2.45, 2.75) is 102 Å². The van der Waals surface area contributed by atoms with Crippen molar-refractivity contribution in [3.8, 4) is 5.75 Å². The smallest absolute Gasteiger partial charge is 0.335 e. The van der Waals surface area contributed by atoms with Crippen LogP contribution < -0.4 is 31.5 Å². The molecule has 0 fully saturated rings. The Morgan fingerprint density at radius 2 is 1.08 bits per heavy atom.